The molecule has 0 aliphatic carbocycles. The fourth-order valence-electron chi connectivity index (χ4n) is 2.66. The van der Waals surface area contributed by atoms with Gasteiger partial charge in [0.15, 0.2) is 11.5 Å². The van der Waals surface area contributed by atoms with Crippen LogP contribution in [0.25, 0.3) is 0 Å². The highest BCUT2D eigenvalue weighted by Crippen LogP contribution is 2.28. The number of hydrogen-bond acceptors (Lipinski definition) is 4. The van der Waals surface area contributed by atoms with Gasteiger partial charge < -0.3 is 19.9 Å². The van der Waals surface area contributed by atoms with Crippen molar-refractivity contribution in [2.75, 3.05) is 20.3 Å². The highest BCUT2D eigenvalue weighted by molar-refractivity contribution is 5.95. The monoisotopic (exact) mass is 385 g/mol. The summed E-state index contributed by atoms with van der Waals surface area (Å²) in [4.78, 5) is 24.0. The number of hydrogen-bond donors (Lipinski definition) is 2. The van der Waals surface area contributed by atoms with E-state index in [1.165, 1.54) is 7.11 Å². The Morgan fingerprint density at radius 1 is 1.07 bits per heavy atom. The molecule has 0 saturated heterocycles. The number of nitrogens with one attached hydrogen (secondary N) is 1. The Hall–Kier alpha value is -3.02. The third kappa shape index (κ3) is 6.01. The Morgan fingerprint density at radius 2 is 1.79 bits per heavy atom. The lowest BCUT2D eigenvalue weighted by Crippen LogP contribution is -2.31. The number of carbonyl (C=O) groups excluding carboxylic acids is 1. The summed E-state index contributed by atoms with van der Waals surface area (Å²) in [6, 6.07) is 13.8. The van der Waals surface area contributed by atoms with Crippen molar-refractivity contribution in [3.05, 3.63) is 59.7 Å². The molecule has 0 heterocycles. The molecule has 0 saturated carbocycles. The molecule has 150 valence electrons. The summed E-state index contributed by atoms with van der Waals surface area (Å²) in [5.74, 6) is -0.595. The number of aliphatic carboxylic acids is 1. The van der Waals surface area contributed by atoms with Gasteiger partial charge in [-0.25, -0.2) is 0 Å². The van der Waals surface area contributed by atoms with Crippen LogP contribution < -0.4 is 14.8 Å². The number of methoxy groups -OCH3 is 1. The average Bonchev–Trinajstić information content (AvgIpc) is 2.68. The molecular weight excluding hydrogens is 358 g/mol. The number of ether oxygens (including phenoxy) is 2. The van der Waals surface area contributed by atoms with Crippen molar-refractivity contribution in [1.82, 2.24) is 5.32 Å². The zero-order chi connectivity index (χ0) is 20.5. The van der Waals surface area contributed by atoms with Gasteiger partial charge in [-0.1, -0.05) is 44.2 Å². The summed E-state index contributed by atoms with van der Waals surface area (Å²) in [5, 5.41) is 12.2. The summed E-state index contributed by atoms with van der Waals surface area (Å²) in [6.07, 6.45) is 0.918. The number of carboxylic acids is 1. The Bertz CT molecular complexity index is 789. The third-order valence-corrected chi connectivity index (χ3v) is 4.35. The summed E-state index contributed by atoms with van der Waals surface area (Å²) < 4.78 is 11.1. The lowest BCUT2D eigenvalue weighted by atomic mass is 9.99. The molecule has 0 aliphatic heterocycles. The van der Waals surface area contributed by atoms with Gasteiger partial charge in [-0.15, -0.1) is 0 Å². The van der Waals surface area contributed by atoms with Crippen LogP contribution in [-0.4, -0.2) is 37.2 Å². The second-order valence-electron chi connectivity index (χ2n) is 6.91. The van der Waals surface area contributed by atoms with Gasteiger partial charge in [0.25, 0.3) is 5.91 Å². The van der Waals surface area contributed by atoms with Crippen LogP contribution in [0.3, 0.4) is 0 Å². The Kier molecular flexibility index (Phi) is 7.87. The zero-order valence-corrected chi connectivity index (χ0v) is 16.5. The van der Waals surface area contributed by atoms with Crippen LogP contribution in [-0.2, 0) is 4.79 Å². The van der Waals surface area contributed by atoms with Crippen LogP contribution in [0.4, 0.5) is 0 Å². The summed E-state index contributed by atoms with van der Waals surface area (Å²) in [5.41, 5.74) is 1.02. The maximum atomic E-state index is 12.5. The third-order valence-electron chi connectivity index (χ3n) is 4.35. The molecule has 6 heteroatoms. The molecule has 1 atom stereocenters. The largest absolute Gasteiger partial charge is 0.493 e. The van der Waals surface area contributed by atoms with Gasteiger partial charge in [-0.05, 0) is 36.1 Å². The van der Waals surface area contributed by atoms with E-state index >= 15 is 0 Å². The van der Waals surface area contributed by atoms with Crippen molar-refractivity contribution in [1.29, 1.82) is 0 Å². The van der Waals surface area contributed by atoms with Crippen molar-refractivity contribution in [2.45, 2.75) is 26.2 Å². The number of benzene rings is 2. The van der Waals surface area contributed by atoms with E-state index in [-0.39, 0.29) is 12.5 Å². The minimum atomic E-state index is -0.988. The molecule has 2 N–H and O–H groups in total. The lowest BCUT2D eigenvalue weighted by Gasteiger charge is -2.15. The smallest absolute Gasteiger partial charge is 0.312 e. The van der Waals surface area contributed by atoms with Gasteiger partial charge in [0, 0.05) is 12.1 Å². The van der Waals surface area contributed by atoms with E-state index < -0.39 is 11.9 Å². The molecule has 2 aromatic rings. The van der Waals surface area contributed by atoms with Crippen LogP contribution in [0.2, 0.25) is 0 Å². The first-order valence-corrected chi connectivity index (χ1v) is 9.29. The quantitative estimate of drug-likeness (QED) is 0.651. The average molecular weight is 385 g/mol. The molecule has 0 radical (unpaired) electrons. The van der Waals surface area contributed by atoms with Crippen molar-refractivity contribution >= 4 is 11.9 Å². The normalized spacial score (nSPS) is 11.7. The first-order valence-electron chi connectivity index (χ1n) is 9.29. The van der Waals surface area contributed by atoms with Crippen LogP contribution in [0.15, 0.2) is 48.5 Å². The van der Waals surface area contributed by atoms with E-state index in [2.05, 4.69) is 19.2 Å². The van der Waals surface area contributed by atoms with Crippen molar-refractivity contribution < 1.29 is 24.2 Å². The van der Waals surface area contributed by atoms with Gasteiger partial charge in [-0.2, -0.15) is 0 Å². The number of carbonyl (C=O) groups is 2. The maximum Gasteiger partial charge on any atom is 0.312 e. The van der Waals surface area contributed by atoms with Gasteiger partial charge in [0.1, 0.15) is 0 Å². The molecular formula is C22H27NO5. The fourth-order valence-corrected chi connectivity index (χ4v) is 2.66. The Balaban J connectivity index is 2.04. The molecule has 1 unspecified atom stereocenters. The highest BCUT2D eigenvalue weighted by atomic mass is 16.5. The first-order chi connectivity index (χ1) is 13.4. The predicted octanol–water partition coefficient (Wildman–Crippen LogP) is 3.72. The number of rotatable bonds is 10. The molecule has 0 bridgehead atoms. The molecule has 1 amide bonds. The van der Waals surface area contributed by atoms with Crippen LogP contribution in [0, 0.1) is 5.92 Å². The van der Waals surface area contributed by atoms with Crippen LogP contribution >= 0.6 is 0 Å². The van der Waals surface area contributed by atoms with E-state index in [4.69, 9.17) is 9.47 Å². The molecule has 6 nitrogen and oxygen atoms in total. The summed E-state index contributed by atoms with van der Waals surface area (Å²) in [7, 11) is 1.52. The maximum absolute atomic E-state index is 12.5. The predicted molar refractivity (Wildman–Crippen MR) is 107 cm³/mol. The second kappa shape index (κ2) is 10.3. The number of carboxylic acid groups (broad SMARTS) is 1. The van der Waals surface area contributed by atoms with E-state index in [1.54, 1.807) is 42.5 Å². The fraction of sp³-hybridized carbons (Fsp3) is 0.364. The molecule has 2 rings (SSSR count). The van der Waals surface area contributed by atoms with Crippen LogP contribution in [0.1, 0.15) is 42.1 Å². The van der Waals surface area contributed by atoms with Gasteiger partial charge in [0.05, 0.1) is 19.6 Å². The van der Waals surface area contributed by atoms with Crippen molar-refractivity contribution in [3.63, 3.8) is 0 Å². The summed E-state index contributed by atoms with van der Waals surface area (Å²) in [6.45, 7) is 4.80. The van der Waals surface area contributed by atoms with Gasteiger partial charge in [0.2, 0.25) is 0 Å². The van der Waals surface area contributed by atoms with E-state index in [9.17, 15) is 14.7 Å². The topological polar surface area (TPSA) is 84.9 Å². The standard InChI is InChI=1S/C22H27NO5/c1-15(2)11-12-28-19-10-9-17(13-20(19)27-3)21(24)23-14-18(22(25)26)16-7-5-4-6-8-16/h4-10,13,15,18H,11-12,14H2,1-3H3,(H,23,24)(H,25,26). The van der Waals surface area contributed by atoms with E-state index in [0.29, 0.717) is 35.2 Å². The minimum Gasteiger partial charge on any atom is -0.493 e. The zero-order valence-electron chi connectivity index (χ0n) is 16.5. The van der Waals surface area contributed by atoms with Crippen LogP contribution in [0.5, 0.6) is 11.5 Å². The molecule has 2 aromatic carbocycles. The lowest BCUT2D eigenvalue weighted by molar-refractivity contribution is -0.138. The molecule has 0 spiro atoms. The van der Waals surface area contributed by atoms with Crippen molar-refractivity contribution in [3.8, 4) is 11.5 Å². The second-order valence-corrected chi connectivity index (χ2v) is 6.91. The number of amides is 1. The summed E-state index contributed by atoms with van der Waals surface area (Å²) >= 11 is 0. The van der Waals surface area contributed by atoms with E-state index in [0.717, 1.165) is 6.42 Å². The van der Waals surface area contributed by atoms with E-state index in [1.807, 2.05) is 6.07 Å². The Morgan fingerprint density at radius 3 is 2.39 bits per heavy atom. The SMILES string of the molecule is COc1cc(C(=O)NCC(C(=O)O)c2ccccc2)ccc1OCCC(C)C. The highest BCUT2D eigenvalue weighted by Gasteiger charge is 2.21. The van der Waals surface area contributed by atoms with Crippen molar-refractivity contribution in [2.24, 2.45) is 5.92 Å². The van der Waals surface area contributed by atoms with Gasteiger partial charge in [-0.3, -0.25) is 9.59 Å². The first kappa shape index (κ1) is 21.3. The minimum absolute atomic E-state index is 0.00681. The molecule has 0 aromatic heterocycles. The van der Waals surface area contributed by atoms with Gasteiger partial charge >= 0.3 is 5.97 Å². The molecule has 0 aliphatic rings. The molecule has 0 fully saturated rings. The Labute approximate surface area is 165 Å². The molecule has 28 heavy (non-hydrogen) atoms.